The topological polar surface area (TPSA) is 45.9 Å². The quantitative estimate of drug-likeness (QED) is 0.661. The molecule has 0 aromatic carbocycles. The largest absolute Gasteiger partial charge is 0.495 e. The third-order valence-corrected chi connectivity index (χ3v) is 1.60. The van der Waals surface area contributed by atoms with E-state index < -0.39 is 0 Å². The number of ether oxygens (including phenoxy) is 1. The molecule has 0 N–H and O–H groups in total. The van der Waals surface area contributed by atoms with Crippen molar-refractivity contribution >= 4 is 0 Å². The zero-order valence-electron chi connectivity index (χ0n) is 7.16. The molecule has 0 aliphatic carbocycles. The third-order valence-electron chi connectivity index (χ3n) is 1.60. The Labute approximate surface area is 71.6 Å². The number of hydrogen-bond donors (Lipinski definition) is 0. The van der Waals surface area contributed by atoms with E-state index in [0.717, 1.165) is 17.0 Å². The van der Waals surface area contributed by atoms with Crippen molar-refractivity contribution in [1.82, 2.24) is 4.98 Å². The lowest BCUT2D eigenvalue weighted by Gasteiger charge is -2.03. The molecule has 0 saturated heterocycles. The van der Waals surface area contributed by atoms with Crippen molar-refractivity contribution in [3.8, 4) is 11.8 Å². The van der Waals surface area contributed by atoms with Crippen LogP contribution in [0.5, 0.6) is 5.75 Å². The Morgan fingerprint density at radius 2 is 2.42 bits per heavy atom. The second-order valence-corrected chi connectivity index (χ2v) is 2.47. The van der Waals surface area contributed by atoms with Crippen molar-refractivity contribution in [2.45, 2.75) is 13.3 Å². The molecule has 0 fully saturated rings. The molecule has 0 spiro atoms. The lowest BCUT2D eigenvalue weighted by molar-refractivity contribution is 0.408. The number of methoxy groups -OCH3 is 1. The van der Waals surface area contributed by atoms with Gasteiger partial charge in [-0.05, 0) is 18.6 Å². The number of aryl methyl sites for hydroxylation is 1. The monoisotopic (exact) mass is 162 g/mol. The van der Waals surface area contributed by atoms with E-state index in [1.165, 1.54) is 0 Å². The lowest BCUT2D eigenvalue weighted by Crippen LogP contribution is -1.92. The maximum Gasteiger partial charge on any atom is 0.140 e. The van der Waals surface area contributed by atoms with Crippen LogP contribution < -0.4 is 4.74 Å². The first-order valence-corrected chi connectivity index (χ1v) is 3.64. The van der Waals surface area contributed by atoms with Crippen LogP contribution in [-0.2, 0) is 6.42 Å². The molecule has 0 saturated carbocycles. The maximum atomic E-state index is 8.43. The summed E-state index contributed by atoms with van der Waals surface area (Å²) in [6.07, 6.45) is 2.07. The van der Waals surface area contributed by atoms with Crippen LogP contribution >= 0.6 is 0 Å². The molecule has 0 unspecified atom stereocenters. The summed E-state index contributed by atoms with van der Waals surface area (Å²) in [5.41, 5.74) is 1.74. The van der Waals surface area contributed by atoms with E-state index in [4.69, 9.17) is 10.00 Å². The van der Waals surface area contributed by atoms with Gasteiger partial charge in [0.25, 0.3) is 0 Å². The van der Waals surface area contributed by atoms with Crippen LogP contribution in [0.25, 0.3) is 0 Å². The van der Waals surface area contributed by atoms with E-state index in [1.54, 1.807) is 13.3 Å². The first-order valence-electron chi connectivity index (χ1n) is 3.64. The van der Waals surface area contributed by atoms with E-state index in [-0.39, 0.29) is 0 Å². The summed E-state index contributed by atoms with van der Waals surface area (Å²) in [7, 11) is 1.60. The maximum absolute atomic E-state index is 8.43. The number of rotatable bonds is 2. The van der Waals surface area contributed by atoms with Gasteiger partial charge in [0.05, 0.1) is 25.3 Å². The summed E-state index contributed by atoms with van der Waals surface area (Å²) in [5, 5.41) is 8.43. The highest BCUT2D eigenvalue weighted by Crippen LogP contribution is 2.16. The van der Waals surface area contributed by atoms with Gasteiger partial charge in [0.1, 0.15) is 5.75 Å². The van der Waals surface area contributed by atoms with Gasteiger partial charge in [0.15, 0.2) is 0 Å². The fourth-order valence-corrected chi connectivity index (χ4v) is 0.948. The number of hydrogen-bond acceptors (Lipinski definition) is 3. The van der Waals surface area contributed by atoms with E-state index in [9.17, 15) is 0 Å². The lowest BCUT2D eigenvalue weighted by atomic mass is 10.2. The standard InChI is InChI=1S/C9H10N2O/c1-7-9(12-2)5-8(3-4-10)6-11-7/h5-6H,3H2,1-2H3. The van der Waals surface area contributed by atoms with Crippen molar-refractivity contribution in [3.63, 3.8) is 0 Å². The Balaban J connectivity index is 2.98. The fraction of sp³-hybridized carbons (Fsp3) is 0.333. The van der Waals surface area contributed by atoms with Crippen LogP contribution in [0.4, 0.5) is 0 Å². The summed E-state index contributed by atoms with van der Waals surface area (Å²) < 4.78 is 5.06. The van der Waals surface area contributed by atoms with Gasteiger partial charge in [0, 0.05) is 6.20 Å². The Morgan fingerprint density at radius 1 is 1.67 bits per heavy atom. The second-order valence-electron chi connectivity index (χ2n) is 2.47. The first-order chi connectivity index (χ1) is 5.77. The van der Waals surface area contributed by atoms with Gasteiger partial charge >= 0.3 is 0 Å². The Kier molecular flexibility index (Phi) is 2.65. The molecule has 1 heterocycles. The molecular weight excluding hydrogens is 152 g/mol. The Bertz CT molecular complexity index is 315. The molecule has 0 amide bonds. The molecule has 1 aromatic heterocycles. The van der Waals surface area contributed by atoms with Gasteiger partial charge in [-0.1, -0.05) is 0 Å². The van der Waals surface area contributed by atoms with Crippen LogP contribution in [0.1, 0.15) is 11.3 Å². The summed E-state index contributed by atoms with van der Waals surface area (Å²) in [4.78, 5) is 4.09. The Hall–Kier alpha value is -1.56. The first kappa shape index (κ1) is 8.54. The van der Waals surface area contributed by atoms with Gasteiger partial charge in [-0.25, -0.2) is 0 Å². The highest BCUT2D eigenvalue weighted by Gasteiger charge is 2.00. The van der Waals surface area contributed by atoms with Crippen molar-refractivity contribution in [2.24, 2.45) is 0 Å². The average molecular weight is 162 g/mol. The molecule has 62 valence electrons. The smallest absolute Gasteiger partial charge is 0.140 e. The number of nitrogens with zero attached hydrogens (tertiary/aromatic N) is 2. The summed E-state index contributed by atoms with van der Waals surface area (Å²) in [5.74, 6) is 0.739. The molecular formula is C9H10N2O. The van der Waals surface area contributed by atoms with Gasteiger partial charge in [-0.15, -0.1) is 0 Å². The third kappa shape index (κ3) is 1.73. The van der Waals surface area contributed by atoms with Crippen LogP contribution in [-0.4, -0.2) is 12.1 Å². The number of pyridine rings is 1. The molecule has 0 aliphatic heterocycles. The summed E-state index contributed by atoms with van der Waals surface area (Å²) >= 11 is 0. The SMILES string of the molecule is COc1cc(CC#N)cnc1C. The predicted molar refractivity (Wildman–Crippen MR) is 44.8 cm³/mol. The van der Waals surface area contributed by atoms with Crippen LogP contribution in [0.3, 0.4) is 0 Å². The summed E-state index contributed by atoms with van der Waals surface area (Å²) in [6.45, 7) is 1.87. The molecule has 3 heteroatoms. The average Bonchev–Trinajstić information content (AvgIpc) is 2.09. The van der Waals surface area contributed by atoms with Gasteiger partial charge in [0.2, 0.25) is 0 Å². The van der Waals surface area contributed by atoms with E-state index in [1.807, 2.05) is 13.0 Å². The van der Waals surface area contributed by atoms with Crippen molar-refractivity contribution in [3.05, 3.63) is 23.5 Å². The normalized spacial score (nSPS) is 9.08. The van der Waals surface area contributed by atoms with Crippen LogP contribution in [0, 0.1) is 18.3 Å². The second kappa shape index (κ2) is 3.72. The predicted octanol–water partition coefficient (Wildman–Crippen LogP) is 1.46. The molecule has 12 heavy (non-hydrogen) atoms. The number of nitriles is 1. The highest BCUT2D eigenvalue weighted by molar-refractivity contribution is 5.31. The van der Waals surface area contributed by atoms with E-state index in [0.29, 0.717) is 6.42 Å². The fourth-order valence-electron chi connectivity index (χ4n) is 0.948. The zero-order chi connectivity index (χ0) is 8.97. The van der Waals surface area contributed by atoms with Crippen molar-refractivity contribution < 1.29 is 4.74 Å². The molecule has 3 nitrogen and oxygen atoms in total. The molecule has 0 bridgehead atoms. The molecule has 0 atom stereocenters. The van der Waals surface area contributed by atoms with Gasteiger partial charge in [-0.2, -0.15) is 5.26 Å². The number of aromatic nitrogens is 1. The van der Waals surface area contributed by atoms with Crippen LogP contribution in [0.15, 0.2) is 12.3 Å². The zero-order valence-corrected chi connectivity index (χ0v) is 7.16. The van der Waals surface area contributed by atoms with Crippen LogP contribution in [0.2, 0.25) is 0 Å². The molecule has 0 radical (unpaired) electrons. The van der Waals surface area contributed by atoms with Crippen molar-refractivity contribution in [1.29, 1.82) is 5.26 Å². The minimum absolute atomic E-state index is 0.379. The summed E-state index contributed by atoms with van der Waals surface area (Å²) in [6, 6.07) is 3.90. The molecule has 1 aromatic rings. The molecule has 0 aliphatic rings. The minimum Gasteiger partial charge on any atom is -0.495 e. The van der Waals surface area contributed by atoms with E-state index in [2.05, 4.69) is 11.1 Å². The Morgan fingerprint density at radius 3 is 3.00 bits per heavy atom. The molecule has 1 rings (SSSR count). The van der Waals surface area contributed by atoms with Gasteiger partial charge in [-0.3, -0.25) is 4.98 Å². The highest BCUT2D eigenvalue weighted by atomic mass is 16.5. The van der Waals surface area contributed by atoms with Gasteiger partial charge < -0.3 is 4.74 Å². The minimum atomic E-state index is 0.379. The van der Waals surface area contributed by atoms with Crippen molar-refractivity contribution in [2.75, 3.05) is 7.11 Å². The van der Waals surface area contributed by atoms with E-state index >= 15 is 0 Å².